The fraction of sp³-hybridized carbons (Fsp3) is 0.192. The number of aliphatic hydroxyl groups is 1. The SMILES string of the molecule is CCCOc1cccc(/C(O)=C2/C(=O)C(=O)N(c3cccc(C(=O)OC)c3)C2c2ccco2)c1. The number of anilines is 1. The minimum atomic E-state index is -1.04. The van der Waals surface area contributed by atoms with Crippen molar-refractivity contribution in [1.29, 1.82) is 0 Å². The van der Waals surface area contributed by atoms with E-state index >= 15 is 0 Å². The molecule has 1 fully saturated rings. The van der Waals surface area contributed by atoms with E-state index in [-0.39, 0.29) is 28.3 Å². The van der Waals surface area contributed by atoms with Crippen molar-refractivity contribution in [2.75, 3.05) is 18.6 Å². The van der Waals surface area contributed by atoms with Crippen molar-refractivity contribution < 1.29 is 33.4 Å². The second kappa shape index (κ2) is 9.66. The first kappa shape index (κ1) is 22.8. The Balaban J connectivity index is 1.85. The number of carbonyl (C=O) groups excluding carboxylic acids is 3. The number of methoxy groups -OCH3 is 1. The molecule has 1 unspecified atom stereocenters. The molecule has 1 aliphatic heterocycles. The van der Waals surface area contributed by atoms with Gasteiger partial charge >= 0.3 is 5.97 Å². The third-order valence-corrected chi connectivity index (χ3v) is 5.38. The molecule has 1 aromatic heterocycles. The van der Waals surface area contributed by atoms with Crippen molar-refractivity contribution in [2.24, 2.45) is 0 Å². The minimum absolute atomic E-state index is 0.129. The summed E-state index contributed by atoms with van der Waals surface area (Å²) in [6, 6.07) is 15.0. The average Bonchev–Trinajstić information content (AvgIpc) is 3.49. The zero-order chi connectivity index (χ0) is 24.2. The van der Waals surface area contributed by atoms with Crippen LogP contribution < -0.4 is 9.64 Å². The van der Waals surface area contributed by atoms with Crippen LogP contribution in [-0.4, -0.2) is 36.5 Å². The molecule has 1 aliphatic rings. The monoisotopic (exact) mass is 461 g/mol. The number of Topliss-reactive ketones (excluding diaryl/α,β-unsaturated/α-hetero) is 1. The first-order valence-electron chi connectivity index (χ1n) is 10.7. The maximum Gasteiger partial charge on any atom is 0.337 e. The van der Waals surface area contributed by atoms with Gasteiger partial charge in [0.1, 0.15) is 23.3 Å². The number of rotatable bonds is 7. The number of esters is 1. The molecule has 0 bridgehead atoms. The first-order chi connectivity index (χ1) is 16.5. The molecular formula is C26H23NO7. The fourth-order valence-electron chi connectivity index (χ4n) is 3.82. The van der Waals surface area contributed by atoms with Gasteiger partial charge in [0.2, 0.25) is 0 Å². The van der Waals surface area contributed by atoms with E-state index in [1.165, 1.54) is 30.4 Å². The van der Waals surface area contributed by atoms with Gasteiger partial charge in [-0.3, -0.25) is 14.5 Å². The van der Waals surface area contributed by atoms with Crippen molar-refractivity contribution >= 4 is 29.1 Å². The van der Waals surface area contributed by atoms with Crippen LogP contribution in [0.5, 0.6) is 5.75 Å². The van der Waals surface area contributed by atoms with E-state index < -0.39 is 23.7 Å². The van der Waals surface area contributed by atoms with Gasteiger partial charge in [-0.1, -0.05) is 25.1 Å². The van der Waals surface area contributed by atoms with E-state index in [1.54, 1.807) is 48.5 Å². The third kappa shape index (κ3) is 4.17. The van der Waals surface area contributed by atoms with Crippen LogP contribution in [0.15, 0.2) is 76.9 Å². The predicted octanol–water partition coefficient (Wildman–Crippen LogP) is 4.48. The lowest BCUT2D eigenvalue weighted by Gasteiger charge is -2.23. The highest BCUT2D eigenvalue weighted by Gasteiger charge is 2.48. The van der Waals surface area contributed by atoms with Crippen molar-refractivity contribution in [3.05, 3.63) is 89.4 Å². The lowest BCUT2D eigenvalue weighted by Crippen LogP contribution is -2.29. The number of ether oxygens (including phenoxy) is 2. The van der Waals surface area contributed by atoms with Gasteiger partial charge in [0.05, 0.1) is 31.1 Å². The van der Waals surface area contributed by atoms with Crippen LogP contribution in [0.3, 0.4) is 0 Å². The van der Waals surface area contributed by atoms with E-state index in [4.69, 9.17) is 13.9 Å². The Kier molecular flexibility index (Phi) is 6.49. The average molecular weight is 461 g/mol. The highest BCUT2D eigenvalue weighted by atomic mass is 16.5. The lowest BCUT2D eigenvalue weighted by atomic mass is 9.99. The Morgan fingerprint density at radius 3 is 2.53 bits per heavy atom. The molecule has 4 rings (SSSR count). The van der Waals surface area contributed by atoms with Gasteiger partial charge in [-0.15, -0.1) is 0 Å². The highest BCUT2D eigenvalue weighted by Crippen LogP contribution is 2.42. The minimum Gasteiger partial charge on any atom is -0.507 e. The van der Waals surface area contributed by atoms with E-state index in [0.717, 1.165) is 6.42 Å². The van der Waals surface area contributed by atoms with E-state index in [0.29, 0.717) is 17.9 Å². The molecule has 1 N–H and O–H groups in total. The van der Waals surface area contributed by atoms with Gasteiger partial charge in [-0.25, -0.2) is 4.79 Å². The molecule has 0 radical (unpaired) electrons. The third-order valence-electron chi connectivity index (χ3n) is 5.38. The number of ketones is 1. The Bertz CT molecular complexity index is 1260. The molecule has 0 spiro atoms. The smallest absolute Gasteiger partial charge is 0.337 e. The number of furan rings is 1. The number of aliphatic hydroxyl groups excluding tert-OH is 1. The van der Waals surface area contributed by atoms with E-state index in [9.17, 15) is 19.5 Å². The summed E-state index contributed by atoms with van der Waals surface area (Å²) in [5, 5.41) is 11.2. The summed E-state index contributed by atoms with van der Waals surface area (Å²) < 4.78 is 16.0. The van der Waals surface area contributed by atoms with Gasteiger partial charge in [0, 0.05) is 11.3 Å². The zero-order valence-corrected chi connectivity index (χ0v) is 18.7. The number of hydrogen-bond donors (Lipinski definition) is 1. The van der Waals surface area contributed by atoms with Crippen LogP contribution in [0.4, 0.5) is 5.69 Å². The predicted molar refractivity (Wildman–Crippen MR) is 124 cm³/mol. The number of carbonyl (C=O) groups is 3. The Morgan fingerprint density at radius 2 is 1.82 bits per heavy atom. The van der Waals surface area contributed by atoms with Gasteiger partial charge in [0.15, 0.2) is 0 Å². The van der Waals surface area contributed by atoms with Gasteiger partial charge in [0.25, 0.3) is 11.7 Å². The summed E-state index contributed by atoms with van der Waals surface area (Å²) in [5.41, 5.74) is 0.689. The summed E-state index contributed by atoms with van der Waals surface area (Å²) in [6.45, 7) is 2.47. The van der Waals surface area contributed by atoms with Gasteiger partial charge in [-0.05, 0) is 48.9 Å². The molecule has 3 aromatic rings. The van der Waals surface area contributed by atoms with Crippen LogP contribution in [-0.2, 0) is 14.3 Å². The lowest BCUT2D eigenvalue weighted by molar-refractivity contribution is -0.132. The van der Waals surface area contributed by atoms with Gasteiger partial charge in [-0.2, -0.15) is 0 Å². The fourth-order valence-corrected chi connectivity index (χ4v) is 3.82. The van der Waals surface area contributed by atoms with Crippen LogP contribution in [0.2, 0.25) is 0 Å². The van der Waals surface area contributed by atoms with E-state index in [1.807, 2.05) is 6.92 Å². The zero-order valence-electron chi connectivity index (χ0n) is 18.7. The maximum absolute atomic E-state index is 13.2. The second-order valence-corrected chi connectivity index (χ2v) is 7.60. The molecule has 1 atom stereocenters. The standard InChI is InChI=1S/C26H23NO7/c1-3-12-33-19-10-5-7-16(15-19)23(28)21-22(20-11-6-13-34-20)27(25(30)24(21)29)18-9-4-8-17(14-18)26(31)32-2/h4-11,13-15,22,28H,3,12H2,1-2H3/b23-21-. The first-order valence-corrected chi connectivity index (χ1v) is 10.7. The molecule has 1 amide bonds. The van der Waals surface area contributed by atoms with Crippen LogP contribution >= 0.6 is 0 Å². The summed E-state index contributed by atoms with van der Waals surface area (Å²) in [7, 11) is 1.25. The molecule has 1 saturated heterocycles. The summed E-state index contributed by atoms with van der Waals surface area (Å²) in [5.74, 6) is -1.86. The van der Waals surface area contributed by atoms with Crippen molar-refractivity contribution in [3.8, 4) is 5.75 Å². The van der Waals surface area contributed by atoms with E-state index in [2.05, 4.69) is 0 Å². The molecule has 8 heteroatoms. The molecule has 174 valence electrons. The summed E-state index contributed by atoms with van der Waals surface area (Å²) in [6.07, 6.45) is 2.23. The Labute approximate surface area is 196 Å². The normalized spacial score (nSPS) is 17.1. The second-order valence-electron chi connectivity index (χ2n) is 7.60. The van der Waals surface area contributed by atoms with Crippen molar-refractivity contribution in [3.63, 3.8) is 0 Å². The molecule has 2 aromatic carbocycles. The Morgan fingerprint density at radius 1 is 1.06 bits per heavy atom. The molecule has 34 heavy (non-hydrogen) atoms. The van der Waals surface area contributed by atoms with Crippen LogP contribution in [0, 0.1) is 0 Å². The maximum atomic E-state index is 13.2. The van der Waals surface area contributed by atoms with Crippen molar-refractivity contribution in [2.45, 2.75) is 19.4 Å². The number of benzene rings is 2. The number of amides is 1. The summed E-state index contributed by atoms with van der Waals surface area (Å²) in [4.78, 5) is 39.6. The number of hydrogen-bond acceptors (Lipinski definition) is 7. The molecule has 8 nitrogen and oxygen atoms in total. The highest BCUT2D eigenvalue weighted by molar-refractivity contribution is 6.51. The number of nitrogens with zero attached hydrogens (tertiary/aromatic N) is 1. The largest absolute Gasteiger partial charge is 0.507 e. The molecule has 0 saturated carbocycles. The summed E-state index contributed by atoms with van der Waals surface area (Å²) >= 11 is 0. The molecule has 0 aliphatic carbocycles. The Hall–Kier alpha value is -4.33. The van der Waals surface area contributed by atoms with Crippen LogP contribution in [0.1, 0.15) is 41.1 Å². The molecule has 2 heterocycles. The van der Waals surface area contributed by atoms with Crippen LogP contribution in [0.25, 0.3) is 5.76 Å². The quantitative estimate of drug-likeness (QED) is 0.239. The van der Waals surface area contributed by atoms with Crippen molar-refractivity contribution in [1.82, 2.24) is 0 Å². The topological polar surface area (TPSA) is 106 Å². The molecular weight excluding hydrogens is 438 g/mol. The van der Waals surface area contributed by atoms with Gasteiger partial charge < -0.3 is 19.0 Å².